The molecule has 0 aliphatic carbocycles. The Labute approximate surface area is 75.7 Å². The molecule has 0 heterocycles. The van der Waals surface area contributed by atoms with E-state index < -0.39 is 5.97 Å². The molecule has 4 nitrogen and oxygen atoms in total. The lowest BCUT2D eigenvalue weighted by Gasteiger charge is -2.00. The van der Waals surface area contributed by atoms with Gasteiger partial charge >= 0.3 is 5.97 Å². The van der Waals surface area contributed by atoms with Gasteiger partial charge in [0, 0.05) is 13.0 Å². The fourth-order valence-corrected chi connectivity index (χ4v) is 1.08. The molecule has 0 unspecified atom stereocenters. The van der Waals surface area contributed by atoms with E-state index >= 15 is 0 Å². The van der Waals surface area contributed by atoms with Gasteiger partial charge in [-0.1, -0.05) is 18.7 Å². The van der Waals surface area contributed by atoms with Crippen LogP contribution in [0, 0.1) is 0 Å². The predicted molar refractivity (Wildman–Crippen MR) is 48.4 cm³/mol. The minimum absolute atomic E-state index is 0.0807. The SMILES string of the molecule is CCSC(=O)NCCCC(=O)O. The number of rotatable bonds is 5. The molecule has 0 bridgehead atoms. The number of thioether (sulfide) groups is 1. The van der Waals surface area contributed by atoms with Crippen molar-refractivity contribution in [1.29, 1.82) is 0 Å². The summed E-state index contributed by atoms with van der Waals surface area (Å²) in [6, 6.07) is 0. The summed E-state index contributed by atoms with van der Waals surface area (Å²) in [4.78, 5) is 20.8. The predicted octanol–water partition coefficient (Wildman–Crippen LogP) is 1.31. The van der Waals surface area contributed by atoms with Crippen molar-refractivity contribution in [3.8, 4) is 0 Å². The molecule has 0 atom stereocenters. The molecule has 12 heavy (non-hydrogen) atoms. The summed E-state index contributed by atoms with van der Waals surface area (Å²) in [7, 11) is 0. The highest BCUT2D eigenvalue weighted by molar-refractivity contribution is 8.13. The third kappa shape index (κ3) is 7.40. The van der Waals surface area contributed by atoms with Crippen molar-refractivity contribution >= 4 is 23.0 Å². The zero-order chi connectivity index (χ0) is 9.40. The highest BCUT2D eigenvalue weighted by atomic mass is 32.2. The van der Waals surface area contributed by atoms with Crippen molar-refractivity contribution < 1.29 is 14.7 Å². The maximum Gasteiger partial charge on any atom is 0.303 e. The zero-order valence-corrected chi connectivity index (χ0v) is 7.82. The van der Waals surface area contributed by atoms with Gasteiger partial charge in [0.05, 0.1) is 0 Å². The Morgan fingerprint density at radius 1 is 1.50 bits per heavy atom. The molecule has 1 amide bonds. The van der Waals surface area contributed by atoms with Crippen molar-refractivity contribution in [3.63, 3.8) is 0 Å². The van der Waals surface area contributed by atoms with Crippen LogP contribution < -0.4 is 5.32 Å². The van der Waals surface area contributed by atoms with E-state index in [-0.39, 0.29) is 11.7 Å². The lowest BCUT2D eigenvalue weighted by atomic mass is 10.3. The first-order valence-corrected chi connectivity index (χ1v) is 4.77. The van der Waals surface area contributed by atoms with Crippen LogP contribution in [0.5, 0.6) is 0 Å². The normalized spacial score (nSPS) is 9.42. The summed E-state index contributed by atoms with van der Waals surface area (Å²) in [5.74, 6) is -0.0857. The fourth-order valence-electron chi connectivity index (χ4n) is 0.612. The molecular weight excluding hydrogens is 178 g/mol. The van der Waals surface area contributed by atoms with E-state index in [2.05, 4.69) is 5.32 Å². The van der Waals surface area contributed by atoms with Crippen LogP contribution in [0.1, 0.15) is 19.8 Å². The topological polar surface area (TPSA) is 66.4 Å². The van der Waals surface area contributed by atoms with E-state index in [9.17, 15) is 9.59 Å². The average Bonchev–Trinajstić information content (AvgIpc) is 1.98. The summed E-state index contributed by atoms with van der Waals surface area (Å²) in [5.41, 5.74) is 0. The molecule has 0 rings (SSSR count). The molecule has 5 heteroatoms. The largest absolute Gasteiger partial charge is 0.481 e. The Morgan fingerprint density at radius 3 is 2.67 bits per heavy atom. The molecule has 0 saturated carbocycles. The lowest BCUT2D eigenvalue weighted by molar-refractivity contribution is -0.137. The molecule has 0 aliphatic rings. The molecule has 0 radical (unpaired) electrons. The summed E-state index contributed by atoms with van der Waals surface area (Å²) < 4.78 is 0. The van der Waals surface area contributed by atoms with Crippen LogP contribution in [0.25, 0.3) is 0 Å². The minimum Gasteiger partial charge on any atom is -0.481 e. The summed E-state index contributed by atoms with van der Waals surface area (Å²) >= 11 is 1.19. The van der Waals surface area contributed by atoms with Crippen LogP contribution >= 0.6 is 11.8 Å². The highest BCUT2D eigenvalue weighted by Gasteiger charge is 1.99. The Morgan fingerprint density at radius 2 is 2.17 bits per heavy atom. The molecule has 2 N–H and O–H groups in total. The second-order valence-corrected chi connectivity index (χ2v) is 3.38. The second kappa shape index (κ2) is 6.97. The van der Waals surface area contributed by atoms with Gasteiger partial charge in [-0.25, -0.2) is 0 Å². The van der Waals surface area contributed by atoms with Gasteiger partial charge < -0.3 is 10.4 Å². The van der Waals surface area contributed by atoms with Crippen LogP contribution in [0.15, 0.2) is 0 Å². The third-order valence-corrected chi connectivity index (χ3v) is 1.81. The summed E-state index contributed by atoms with van der Waals surface area (Å²) in [5, 5.41) is 10.8. The van der Waals surface area contributed by atoms with Crippen LogP contribution in [0.2, 0.25) is 0 Å². The minimum atomic E-state index is -0.826. The van der Waals surface area contributed by atoms with Crippen molar-refractivity contribution in [2.24, 2.45) is 0 Å². The molecular formula is C7H13NO3S. The van der Waals surface area contributed by atoms with Crippen LogP contribution in [0.3, 0.4) is 0 Å². The van der Waals surface area contributed by atoms with E-state index in [0.717, 1.165) is 5.75 Å². The Bertz CT molecular complexity index is 161. The number of carbonyl (C=O) groups excluding carboxylic acids is 1. The van der Waals surface area contributed by atoms with Crippen LogP contribution in [0.4, 0.5) is 4.79 Å². The van der Waals surface area contributed by atoms with Crippen molar-refractivity contribution in [1.82, 2.24) is 5.32 Å². The quantitative estimate of drug-likeness (QED) is 0.643. The fraction of sp³-hybridized carbons (Fsp3) is 0.714. The number of hydrogen-bond acceptors (Lipinski definition) is 3. The standard InChI is InChI=1S/C7H13NO3S/c1-2-12-7(11)8-5-3-4-6(9)10/h2-5H2,1H3,(H,8,11)(H,9,10). The molecule has 0 aromatic carbocycles. The van der Waals surface area contributed by atoms with Gasteiger partial charge in [0.1, 0.15) is 0 Å². The molecule has 0 saturated heterocycles. The average molecular weight is 191 g/mol. The van der Waals surface area contributed by atoms with E-state index in [1.807, 2.05) is 6.92 Å². The van der Waals surface area contributed by atoms with E-state index in [4.69, 9.17) is 5.11 Å². The summed E-state index contributed by atoms with van der Waals surface area (Å²) in [6.45, 7) is 2.33. The van der Waals surface area contributed by atoms with Gasteiger partial charge in [-0.3, -0.25) is 9.59 Å². The van der Waals surface area contributed by atoms with Crippen molar-refractivity contribution in [2.75, 3.05) is 12.3 Å². The second-order valence-electron chi connectivity index (χ2n) is 2.14. The molecule has 0 spiro atoms. The molecule has 0 aromatic heterocycles. The molecule has 0 fully saturated rings. The number of aliphatic carboxylic acids is 1. The third-order valence-electron chi connectivity index (χ3n) is 1.11. The highest BCUT2D eigenvalue weighted by Crippen LogP contribution is 1.99. The summed E-state index contributed by atoms with van der Waals surface area (Å²) in [6.07, 6.45) is 0.600. The van der Waals surface area contributed by atoms with E-state index in [1.54, 1.807) is 0 Å². The number of carbonyl (C=O) groups is 2. The first kappa shape index (κ1) is 11.3. The number of amides is 1. The Hall–Kier alpha value is -0.710. The van der Waals surface area contributed by atoms with Gasteiger partial charge in [0.15, 0.2) is 0 Å². The van der Waals surface area contributed by atoms with E-state index in [1.165, 1.54) is 11.8 Å². The maximum atomic E-state index is 10.8. The van der Waals surface area contributed by atoms with Crippen LogP contribution in [-0.4, -0.2) is 28.6 Å². The van der Waals surface area contributed by atoms with Crippen LogP contribution in [-0.2, 0) is 4.79 Å². The molecule has 0 aromatic rings. The van der Waals surface area contributed by atoms with Gasteiger partial charge in [-0.15, -0.1) is 0 Å². The van der Waals surface area contributed by atoms with Gasteiger partial charge in [0.25, 0.3) is 5.24 Å². The van der Waals surface area contributed by atoms with E-state index in [0.29, 0.717) is 13.0 Å². The van der Waals surface area contributed by atoms with Crippen molar-refractivity contribution in [3.05, 3.63) is 0 Å². The number of hydrogen-bond donors (Lipinski definition) is 2. The van der Waals surface area contributed by atoms with Gasteiger partial charge in [0.2, 0.25) is 0 Å². The maximum absolute atomic E-state index is 10.8. The monoisotopic (exact) mass is 191 g/mol. The number of carboxylic acid groups (broad SMARTS) is 1. The number of nitrogens with one attached hydrogen (secondary N) is 1. The lowest BCUT2D eigenvalue weighted by Crippen LogP contribution is -2.20. The molecule has 0 aliphatic heterocycles. The smallest absolute Gasteiger partial charge is 0.303 e. The van der Waals surface area contributed by atoms with Gasteiger partial charge in [-0.2, -0.15) is 0 Å². The Kier molecular flexibility index (Phi) is 6.55. The first-order chi connectivity index (χ1) is 5.66. The van der Waals surface area contributed by atoms with Crippen molar-refractivity contribution in [2.45, 2.75) is 19.8 Å². The Balaban J connectivity index is 3.19. The molecule has 70 valence electrons. The first-order valence-electron chi connectivity index (χ1n) is 3.79. The zero-order valence-electron chi connectivity index (χ0n) is 7.00. The van der Waals surface area contributed by atoms with Gasteiger partial charge in [-0.05, 0) is 12.2 Å². The number of carboxylic acids is 1.